The average Bonchev–Trinajstić information content (AvgIpc) is 2.75. The molecule has 7 heteroatoms. The summed E-state index contributed by atoms with van der Waals surface area (Å²) in [5, 5.41) is 1.02. The number of nitrogens with zero attached hydrogens (tertiary/aromatic N) is 1. The molecule has 2 aromatic carbocycles. The molecule has 0 radical (unpaired) electrons. The maximum atomic E-state index is 13.1. The average molecular weight is 454 g/mol. The summed E-state index contributed by atoms with van der Waals surface area (Å²) in [7, 11) is 8.62. The fourth-order valence-electron chi connectivity index (χ4n) is 3.82. The number of carbonyl (C=O) groups is 1. The van der Waals surface area contributed by atoms with E-state index in [1.807, 2.05) is 26.2 Å². The van der Waals surface area contributed by atoms with Crippen LogP contribution < -0.4 is 14.2 Å². The molecule has 0 aliphatic rings. The van der Waals surface area contributed by atoms with E-state index >= 15 is 0 Å². The lowest BCUT2D eigenvalue weighted by Gasteiger charge is -2.40. The van der Waals surface area contributed by atoms with Crippen LogP contribution in [0.5, 0.6) is 17.2 Å². The highest BCUT2D eigenvalue weighted by molar-refractivity contribution is 6.42. The lowest BCUT2D eigenvalue weighted by atomic mass is 9.81. The van der Waals surface area contributed by atoms with E-state index in [-0.39, 0.29) is 11.3 Å². The van der Waals surface area contributed by atoms with Crippen molar-refractivity contribution >= 4 is 29.0 Å². The van der Waals surface area contributed by atoms with Crippen LogP contribution in [0.25, 0.3) is 0 Å². The second kappa shape index (κ2) is 10.4. The first kappa shape index (κ1) is 24.3. The summed E-state index contributed by atoms with van der Waals surface area (Å²) < 4.78 is 16.1. The predicted molar refractivity (Wildman–Crippen MR) is 122 cm³/mol. The van der Waals surface area contributed by atoms with E-state index in [4.69, 9.17) is 37.4 Å². The maximum Gasteiger partial charge on any atom is 0.203 e. The topological polar surface area (TPSA) is 48.0 Å². The molecule has 0 fully saturated rings. The number of rotatable bonds is 10. The van der Waals surface area contributed by atoms with Crippen molar-refractivity contribution in [1.82, 2.24) is 4.90 Å². The smallest absolute Gasteiger partial charge is 0.203 e. The molecular weight excluding hydrogens is 425 g/mol. The van der Waals surface area contributed by atoms with E-state index in [0.29, 0.717) is 45.7 Å². The molecule has 0 aliphatic carbocycles. The Morgan fingerprint density at radius 3 is 2.00 bits per heavy atom. The third kappa shape index (κ3) is 4.85. The maximum absolute atomic E-state index is 13.1. The summed E-state index contributed by atoms with van der Waals surface area (Å²) in [6, 6.07) is 9.03. The minimum absolute atomic E-state index is 0.00557. The molecule has 0 spiro atoms. The molecule has 0 aromatic heterocycles. The molecule has 0 saturated heterocycles. The van der Waals surface area contributed by atoms with Gasteiger partial charge in [0, 0.05) is 17.5 Å². The normalized spacial score (nSPS) is 13.1. The lowest BCUT2D eigenvalue weighted by molar-refractivity contribution is 0.0900. The molecule has 164 valence electrons. The number of carbonyl (C=O) groups excluding carboxylic acids is 1. The van der Waals surface area contributed by atoms with Gasteiger partial charge in [0.1, 0.15) is 0 Å². The van der Waals surface area contributed by atoms with Gasteiger partial charge in [-0.25, -0.2) is 0 Å². The van der Waals surface area contributed by atoms with Crippen molar-refractivity contribution in [3.8, 4) is 17.2 Å². The first-order valence-corrected chi connectivity index (χ1v) is 10.5. The molecule has 30 heavy (non-hydrogen) atoms. The van der Waals surface area contributed by atoms with Crippen LogP contribution in [-0.2, 0) is 5.54 Å². The molecule has 2 aromatic rings. The van der Waals surface area contributed by atoms with Crippen LogP contribution in [0.1, 0.15) is 42.1 Å². The minimum atomic E-state index is -0.357. The van der Waals surface area contributed by atoms with Gasteiger partial charge < -0.3 is 14.2 Å². The Morgan fingerprint density at radius 2 is 1.57 bits per heavy atom. The van der Waals surface area contributed by atoms with Gasteiger partial charge in [0.25, 0.3) is 0 Å². The number of ketones is 1. The van der Waals surface area contributed by atoms with Gasteiger partial charge in [0.2, 0.25) is 5.75 Å². The Kier molecular flexibility index (Phi) is 8.42. The Bertz CT molecular complexity index is 876. The van der Waals surface area contributed by atoms with Gasteiger partial charge in [-0.05, 0) is 56.8 Å². The highest BCUT2D eigenvalue weighted by atomic mass is 35.5. The number of benzene rings is 2. The third-order valence-corrected chi connectivity index (χ3v) is 6.39. The van der Waals surface area contributed by atoms with Gasteiger partial charge in [-0.15, -0.1) is 0 Å². The zero-order valence-electron chi connectivity index (χ0n) is 18.3. The zero-order valence-corrected chi connectivity index (χ0v) is 19.9. The summed E-state index contributed by atoms with van der Waals surface area (Å²) in [5.74, 6) is 1.37. The van der Waals surface area contributed by atoms with Gasteiger partial charge in [0.05, 0.1) is 31.4 Å². The largest absolute Gasteiger partial charge is 0.493 e. The molecular formula is C23H29Cl2NO4. The van der Waals surface area contributed by atoms with Crippen molar-refractivity contribution in [2.45, 2.75) is 31.7 Å². The lowest BCUT2D eigenvalue weighted by Crippen LogP contribution is -2.41. The Morgan fingerprint density at radius 1 is 0.967 bits per heavy atom. The quantitative estimate of drug-likeness (QED) is 0.422. The number of Topliss-reactive ketones (excluding diaryl/α,β-unsaturated/α-hetero) is 1. The number of methoxy groups -OCH3 is 3. The first-order valence-electron chi connectivity index (χ1n) is 9.70. The third-order valence-electron chi connectivity index (χ3n) is 5.65. The standard InChI is InChI=1S/C23H29Cl2NO4/c1-7-23(26(2)3,16-8-9-17(24)18(25)14-16)11-10-19(27)15-12-20(28-4)22(30-6)21(13-15)29-5/h8-9,12-14H,7,10-11H2,1-6H3. The molecule has 5 nitrogen and oxygen atoms in total. The monoisotopic (exact) mass is 453 g/mol. The number of hydrogen-bond donors (Lipinski definition) is 0. The van der Waals surface area contributed by atoms with Gasteiger partial charge >= 0.3 is 0 Å². The summed E-state index contributed by atoms with van der Waals surface area (Å²) in [6.45, 7) is 2.10. The highest BCUT2D eigenvalue weighted by Crippen LogP contribution is 2.40. The van der Waals surface area contributed by atoms with Gasteiger partial charge in [-0.3, -0.25) is 9.69 Å². The number of hydrogen-bond acceptors (Lipinski definition) is 5. The molecule has 0 N–H and O–H groups in total. The fraction of sp³-hybridized carbons (Fsp3) is 0.435. The van der Waals surface area contributed by atoms with Crippen molar-refractivity contribution in [2.24, 2.45) is 0 Å². The molecule has 0 bridgehead atoms. The first-order chi connectivity index (χ1) is 14.2. The van der Waals surface area contributed by atoms with Gasteiger partial charge in [-0.1, -0.05) is 36.2 Å². The van der Waals surface area contributed by atoms with Crippen LogP contribution in [0.15, 0.2) is 30.3 Å². The minimum Gasteiger partial charge on any atom is -0.493 e. The van der Waals surface area contributed by atoms with Crippen molar-refractivity contribution < 1.29 is 19.0 Å². The number of ether oxygens (including phenoxy) is 3. The summed E-state index contributed by atoms with van der Waals surface area (Å²) in [4.78, 5) is 15.2. The van der Waals surface area contributed by atoms with Gasteiger partial charge in [0.15, 0.2) is 17.3 Å². The fourth-order valence-corrected chi connectivity index (χ4v) is 4.11. The molecule has 1 unspecified atom stereocenters. The second-order valence-electron chi connectivity index (χ2n) is 7.25. The number of halogens is 2. The van der Waals surface area contributed by atoms with E-state index in [1.54, 1.807) is 18.2 Å². The zero-order chi connectivity index (χ0) is 22.5. The predicted octanol–water partition coefficient (Wildman–Crippen LogP) is 5.85. The summed E-state index contributed by atoms with van der Waals surface area (Å²) in [6.07, 6.45) is 1.76. The molecule has 0 saturated carbocycles. The Hall–Kier alpha value is -1.95. The van der Waals surface area contributed by atoms with E-state index in [2.05, 4.69) is 11.8 Å². The molecule has 0 amide bonds. The van der Waals surface area contributed by atoms with Crippen LogP contribution in [0.3, 0.4) is 0 Å². The molecule has 2 rings (SSSR count). The molecule has 1 atom stereocenters. The second-order valence-corrected chi connectivity index (χ2v) is 8.06. The molecule has 0 heterocycles. The van der Waals surface area contributed by atoms with Crippen molar-refractivity contribution in [1.29, 1.82) is 0 Å². The summed E-state index contributed by atoms with van der Waals surface area (Å²) in [5.41, 5.74) is 1.19. The molecule has 0 aliphatic heterocycles. The van der Waals surface area contributed by atoms with E-state index in [1.165, 1.54) is 21.3 Å². The van der Waals surface area contributed by atoms with Crippen LogP contribution in [0.4, 0.5) is 0 Å². The van der Waals surface area contributed by atoms with Gasteiger partial charge in [-0.2, -0.15) is 0 Å². The van der Waals surface area contributed by atoms with Crippen molar-refractivity contribution in [3.05, 3.63) is 51.5 Å². The Labute approximate surface area is 188 Å². The van der Waals surface area contributed by atoms with E-state index in [0.717, 1.165) is 12.0 Å². The van der Waals surface area contributed by atoms with Crippen LogP contribution >= 0.6 is 23.2 Å². The van der Waals surface area contributed by atoms with Crippen molar-refractivity contribution in [2.75, 3.05) is 35.4 Å². The van der Waals surface area contributed by atoms with Crippen LogP contribution in [0, 0.1) is 0 Å². The van der Waals surface area contributed by atoms with E-state index < -0.39 is 0 Å². The summed E-state index contributed by atoms with van der Waals surface area (Å²) >= 11 is 12.4. The van der Waals surface area contributed by atoms with Crippen LogP contribution in [0.2, 0.25) is 10.0 Å². The SMILES string of the molecule is CCC(CCC(=O)c1cc(OC)c(OC)c(OC)c1)(c1ccc(Cl)c(Cl)c1)N(C)C. The highest BCUT2D eigenvalue weighted by Gasteiger charge is 2.34. The van der Waals surface area contributed by atoms with Crippen LogP contribution in [-0.4, -0.2) is 46.1 Å². The van der Waals surface area contributed by atoms with Crippen molar-refractivity contribution in [3.63, 3.8) is 0 Å². The Balaban J connectivity index is 2.36. The van der Waals surface area contributed by atoms with E-state index in [9.17, 15) is 4.79 Å².